The molecule has 0 bridgehead atoms. The molecule has 10 heteroatoms. The maximum atomic E-state index is 11.9. The summed E-state index contributed by atoms with van der Waals surface area (Å²) < 4.78 is 0. The van der Waals surface area contributed by atoms with E-state index < -0.39 is 0 Å². The summed E-state index contributed by atoms with van der Waals surface area (Å²) in [4.78, 5) is 30.5. The van der Waals surface area contributed by atoms with Crippen molar-refractivity contribution in [3.05, 3.63) is 32.8 Å². The Kier molecular flexibility index (Phi) is 6.10. The average Bonchev–Trinajstić information content (AvgIpc) is 3.07. The van der Waals surface area contributed by atoms with Gasteiger partial charge in [-0.25, -0.2) is 0 Å². The van der Waals surface area contributed by atoms with Crippen LogP contribution in [0, 0.1) is 5.41 Å². The molecule has 122 valence electrons. The highest BCUT2D eigenvalue weighted by Crippen LogP contribution is 2.08. The van der Waals surface area contributed by atoms with Gasteiger partial charge in [-0.1, -0.05) is 11.2 Å². The Bertz CT molecular complexity index is 616. The van der Waals surface area contributed by atoms with Crippen molar-refractivity contribution in [1.82, 2.24) is 15.1 Å². The highest BCUT2D eigenvalue weighted by Gasteiger charge is 2.22. The largest absolute Gasteiger partial charge is 0.340 e. The molecule has 23 heavy (non-hydrogen) atoms. The zero-order valence-corrected chi connectivity index (χ0v) is 13.3. The molecule has 0 spiro atoms. The molecule has 0 atom stereocenters. The fourth-order valence-corrected chi connectivity index (χ4v) is 2.84. The van der Waals surface area contributed by atoms with Crippen LogP contribution in [0.2, 0.25) is 0 Å². The zero-order chi connectivity index (χ0) is 16.7. The van der Waals surface area contributed by atoms with Gasteiger partial charge in [-0.3, -0.25) is 19.9 Å². The number of thiophene rings is 1. The number of carbonyl (C=O) groups is 2. The van der Waals surface area contributed by atoms with Crippen LogP contribution in [-0.4, -0.2) is 66.7 Å². The summed E-state index contributed by atoms with van der Waals surface area (Å²) >= 11 is 1.40. The summed E-state index contributed by atoms with van der Waals surface area (Å²) in [5, 5.41) is 15.5. The van der Waals surface area contributed by atoms with Crippen molar-refractivity contribution in [3.63, 3.8) is 0 Å². The highest BCUT2D eigenvalue weighted by molar-refractivity contribution is 7.12. The van der Waals surface area contributed by atoms with E-state index in [2.05, 4.69) is 15.3 Å². The molecule has 0 saturated carbocycles. The average molecular weight is 335 g/mol. The van der Waals surface area contributed by atoms with Crippen LogP contribution in [0.25, 0.3) is 10.4 Å². The first-order chi connectivity index (χ1) is 11.1. The minimum Gasteiger partial charge on any atom is -0.340 e. The lowest BCUT2D eigenvalue weighted by Crippen LogP contribution is -2.52. The van der Waals surface area contributed by atoms with E-state index in [4.69, 9.17) is 10.9 Å². The highest BCUT2D eigenvalue weighted by atomic mass is 32.1. The SMILES string of the molecule is [N-]=[N+]=NCC(=O)N1CCN(CC(=O)NC(=N)c2cccs2)CC1. The number of hydrogen-bond acceptors (Lipinski definition) is 6. The monoisotopic (exact) mass is 335 g/mol. The normalized spacial score (nSPS) is 14.9. The molecule has 1 fully saturated rings. The maximum absolute atomic E-state index is 11.9. The van der Waals surface area contributed by atoms with Gasteiger partial charge in [-0.2, -0.15) is 0 Å². The molecule has 1 saturated heterocycles. The molecule has 1 aromatic rings. The van der Waals surface area contributed by atoms with Gasteiger partial charge in [0.25, 0.3) is 0 Å². The van der Waals surface area contributed by atoms with Gasteiger partial charge in [-0.05, 0) is 17.0 Å². The smallest absolute Gasteiger partial charge is 0.239 e. The van der Waals surface area contributed by atoms with E-state index in [0.29, 0.717) is 31.1 Å². The molecule has 2 heterocycles. The van der Waals surface area contributed by atoms with Gasteiger partial charge in [-0.15, -0.1) is 11.3 Å². The maximum Gasteiger partial charge on any atom is 0.239 e. The molecule has 1 aromatic heterocycles. The van der Waals surface area contributed by atoms with Gasteiger partial charge in [0.15, 0.2) is 0 Å². The Hall–Kier alpha value is -2.42. The van der Waals surface area contributed by atoms with Gasteiger partial charge in [0.2, 0.25) is 11.8 Å². The number of rotatable bonds is 5. The third-order valence-corrected chi connectivity index (χ3v) is 4.28. The molecule has 2 amide bonds. The van der Waals surface area contributed by atoms with Gasteiger partial charge < -0.3 is 10.2 Å². The minimum absolute atomic E-state index is 0.105. The molecule has 0 aromatic carbocycles. The van der Waals surface area contributed by atoms with E-state index in [0.717, 1.165) is 0 Å². The van der Waals surface area contributed by atoms with Crippen molar-refractivity contribution in [3.8, 4) is 0 Å². The van der Waals surface area contributed by atoms with E-state index in [-0.39, 0.29) is 30.7 Å². The van der Waals surface area contributed by atoms with Crippen LogP contribution >= 0.6 is 11.3 Å². The van der Waals surface area contributed by atoms with Crippen molar-refractivity contribution in [1.29, 1.82) is 5.41 Å². The summed E-state index contributed by atoms with van der Waals surface area (Å²) in [7, 11) is 0. The van der Waals surface area contributed by atoms with E-state index >= 15 is 0 Å². The second-order valence-corrected chi connectivity index (χ2v) is 5.89. The standard InChI is InChI=1S/C13H17N7O2S/c14-13(10-2-1-7-23-10)17-11(21)9-19-3-5-20(6-4-19)12(22)8-16-18-15/h1-2,7H,3-6,8-9H2,(H2,14,17,21). The quantitative estimate of drug-likeness (QED) is 0.270. The van der Waals surface area contributed by atoms with Crippen LogP contribution in [0.4, 0.5) is 0 Å². The van der Waals surface area contributed by atoms with E-state index in [1.54, 1.807) is 11.0 Å². The van der Waals surface area contributed by atoms with E-state index in [9.17, 15) is 9.59 Å². The van der Waals surface area contributed by atoms with E-state index in [1.807, 2.05) is 16.3 Å². The van der Waals surface area contributed by atoms with Crippen molar-refractivity contribution in [2.75, 3.05) is 39.3 Å². The fourth-order valence-electron chi connectivity index (χ4n) is 2.21. The molecular formula is C13H17N7O2S. The summed E-state index contributed by atoms with van der Waals surface area (Å²) in [6.07, 6.45) is 0. The molecule has 1 aliphatic heterocycles. The lowest BCUT2D eigenvalue weighted by Gasteiger charge is -2.34. The molecule has 0 unspecified atom stereocenters. The van der Waals surface area contributed by atoms with Crippen molar-refractivity contribution < 1.29 is 9.59 Å². The minimum atomic E-state index is -0.239. The second kappa shape index (κ2) is 8.28. The van der Waals surface area contributed by atoms with Gasteiger partial charge in [0.05, 0.1) is 11.4 Å². The number of nitrogens with zero attached hydrogens (tertiary/aromatic N) is 5. The molecule has 1 aliphatic rings. The summed E-state index contributed by atoms with van der Waals surface area (Å²) in [6, 6.07) is 3.61. The third kappa shape index (κ3) is 5.06. The van der Waals surface area contributed by atoms with Gasteiger partial charge >= 0.3 is 0 Å². The first-order valence-electron chi connectivity index (χ1n) is 7.03. The second-order valence-electron chi connectivity index (χ2n) is 4.95. The zero-order valence-electron chi connectivity index (χ0n) is 12.4. The predicted molar refractivity (Wildman–Crippen MR) is 86.3 cm³/mol. The fraction of sp³-hybridized carbons (Fsp3) is 0.462. The lowest BCUT2D eigenvalue weighted by atomic mass is 10.3. The summed E-state index contributed by atoms with van der Waals surface area (Å²) in [5.41, 5.74) is 8.21. The Morgan fingerprint density at radius 2 is 2.13 bits per heavy atom. The van der Waals surface area contributed by atoms with Crippen LogP contribution in [0.3, 0.4) is 0 Å². The number of piperazine rings is 1. The van der Waals surface area contributed by atoms with Crippen molar-refractivity contribution in [2.45, 2.75) is 0 Å². The Morgan fingerprint density at radius 3 is 2.74 bits per heavy atom. The molecule has 0 radical (unpaired) electrons. The Labute approximate surface area is 137 Å². The van der Waals surface area contributed by atoms with Crippen LogP contribution in [-0.2, 0) is 9.59 Å². The van der Waals surface area contributed by atoms with Gasteiger partial charge in [0.1, 0.15) is 12.4 Å². The molecule has 0 aliphatic carbocycles. The summed E-state index contributed by atoms with van der Waals surface area (Å²) in [6.45, 7) is 2.15. The van der Waals surface area contributed by atoms with Crippen LogP contribution in [0.5, 0.6) is 0 Å². The third-order valence-electron chi connectivity index (χ3n) is 3.39. The molecule has 9 nitrogen and oxygen atoms in total. The number of nitrogens with one attached hydrogen (secondary N) is 2. The number of carbonyl (C=O) groups excluding carboxylic acids is 2. The number of azide groups is 1. The first kappa shape index (κ1) is 16.9. The van der Waals surface area contributed by atoms with Crippen LogP contribution in [0.1, 0.15) is 4.88 Å². The Balaban J connectivity index is 1.73. The van der Waals surface area contributed by atoms with Crippen LogP contribution in [0.15, 0.2) is 22.6 Å². The van der Waals surface area contributed by atoms with Crippen molar-refractivity contribution >= 4 is 29.0 Å². The summed E-state index contributed by atoms with van der Waals surface area (Å²) in [5.74, 6) is -0.336. The molecule has 2 N–H and O–H groups in total. The van der Waals surface area contributed by atoms with Crippen LogP contribution < -0.4 is 5.32 Å². The molecule has 2 rings (SSSR count). The number of amidine groups is 1. The van der Waals surface area contributed by atoms with Gasteiger partial charge in [0, 0.05) is 31.1 Å². The van der Waals surface area contributed by atoms with Crippen molar-refractivity contribution in [2.24, 2.45) is 5.11 Å². The van der Waals surface area contributed by atoms with E-state index in [1.165, 1.54) is 11.3 Å². The predicted octanol–water partition coefficient (Wildman–Crippen LogP) is 0.644. The number of amides is 2. The Morgan fingerprint density at radius 1 is 1.39 bits per heavy atom. The topological polar surface area (TPSA) is 125 Å². The first-order valence-corrected chi connectivity index (χ1v) is 7.91. The number of hydrogen-bond donors (Lipinski definition) is 2. The lowest BCUT2D eigenvalue weighted by molar-refractivity contribution is -0.131. The molecular weight excluding hydrogens is 318 g/mol.